The summed E-state index contributed by atoms with van der Waals surface area (Å²) in [6, 6.07) is 9.94. The quantitative estimate of drug-likeness (QED) is 0.828. The molecule has 1 aliphatic heterocycles. The summed E-state index contributed by atoms with van der Waals surface area (Å²) >= 11 is 0. The topological polar surface area (TPSA) is 43.7 Å². The molecule has 0 bridgehead atoms. The van der Waals surface area contributed by atoms with Gasteiger partial charge >= 0.3 is 0 Å². The van der Waals surface area contributed by atoms with Crippen molar-refractivity contribution in [3.05, 3.63) is 35.9 Å². The van der Waals surface area contributed by atoms with E-state index in [1.54, 1.807) is 0 Å². The molecular formula is C14H21NO2. The van der Waals surface area contributed by atoms with E-state index >= 15 is 0 Å². The molecular weight excluding hydrogens is 214 g/mol. The van der Waals surface area contributed by atoms with Crippen molar-refractivity contribution in [1.82, 2.24) is 4.90 Å². The van der Waals surface area contributed by atoms with E-state index in [0.29, 0.717) is 6.54 Å². The number of aliphatic hydroxyl groups excluding tert-OH is 1. The van der Waals surface area contributed by atoms with Gasteiger partial charge in [0.15, 0.2) is 0 Å². The molecule has 1 aromatic carbocycles. The Morgan fingerprint density at radius 1 is 1.35 bits per heavy atom. The first-order chi connectivity index (χ1) is 8.13. The van der Waals surface area contributed by atoms with E-state index in [1.165, 1.54) is 0 Å². The zero-order chi connectivity index (χ0) is 12.3. The van der Waals surface area contributed by atoms with Crippen LogP contribution in [0.5, 0.6) is 0 Å². The fourth-order valence-corrected chi connectivity index (χ4v) is 2.59. The molecule has 1 saturated heterocycles. The monoisotopic (exact) mass is 235 g/mol. The zero-order valence-corrected chi connectivity index (χ0v) is 10.3. The molecule has 0 amide bonds. The Morgan fingerprint density at radius 2 is 2.06 bits per heavy atom. The van der Waals surface area contributed by atoms with Crippen LogP contribution in [0.1, 0.15) is 25.3 Å². The molecule has 1 heterocycles. The van der Waals surface area contributed by atoms with Gasteiger partial charge in [-0.2, -0.15) is 0 Å². The van der Waals surface area contributed by atoms with E-state index in [4.69, 9.17) is 0 Å². The predicted molar refractivity (Wildman–Crippen MR) is 67.7 cm³/mol. The first-order valence-corrected chi connectivity index (χ1v) is 6.26. The van der Waals surface area contributed by atoms with Crippen LogP contribution in [0.2, 0.25) is 0 Å². The van der Waals surface area contributed by atoms with Gasteiger partial charge in [-0.15, -0.1) is 0 Å². The van der Waals surface area contributed by atoms with Crippen molar-refractivity contribution >= 4 is 0 Å². The van der Waals surface area contributed by atoms with Crippen molar-refractivity contribution in [2.45, 2.75) is 31.4 Å². The highest BCUT2D eigenvalue weighted by Gasteiger charge is 2.31. The van der Waals surface area contributed by atoms with Gasteiger partial charge < -0.3 is 10.2 Å². The standard InChI is InChI=1S/C14H21NO2/c1-14(17,12-6-3-2-4-7-12)11-15-9-5-8-13(15)10-16/h2-4,6-7,13,16-17H,5,8-11H2,1H3/t13-,14?/m1/s1. The highest BCUT2D eigenvalue weighted by atomic mass is 16.3. The summed E-state index contributed by atoms with van der Waals surface area (Å²) < 4.78 is 0. The number of nitrogens with zero attached hydrogens (tertiary/aromatic N) is 1. The number of aliphatic hydroxyl groups is 2. The summed E-state index contributed by atoms with van der Waals surface area (Å²) in [7, 11) is 0. The molecule has 1 aromatic rings. The normalized spacial score (nSPS) is 24.8. The summed E-state index contributed by atoms with van der Waals surface area (Å²) in [5, 5.41) is 19.8. The largest absolute Gasteiger partial charge is 0.395 e. The van der Waals surface area contributed by atoms with Crippen LogP contribution in [0.25, 0.3) is 0 Å². The molecule has 0 radical (unpaired) electrons. The van der Waals surface area contributed by atoms with E-state index in [9.17, 15) is 10.2 Å². The minimum absolute atomic E-state index is 0.185. The van der Waals surface area contributed by atoms with E-state index in [2.05, 4.69) is 4.90 Å². The molecule has 1 aliphatic rings. The fourth-order valence-electron chi connectivity index (χ4n) is 2.59. The van der Waals surface area contributed by atoms with Crippen LogP contribution in [-0.4, -0.2) is 40.9 Å². The van der Waals surface area contributed by atoms with Crippen LogP contribution in [0.15, 0.2) is 30.3 Å². The van der Waals surface area contributed by atoms with Gasteiger partial charge in [0.25, 0.3) is 0 Å². The third kappa shape index (κ3) is 2.86. The second-order valence-corrected chi connectivity index (χ2v) is 5.09. The van der Waals surface area contributed by atoms with Crippen LogP contribution in [0.3, 0.4) is 0 Å². The second kappa shape index (κ2) is 5.17. The van der Waals surface area contributed by atoms with Gasteiger partial charge in [-0.3, -0.25) is 4.90 Å². The summed E-state index contributed by atoms with van der Waals surface area (Å²) in [5.74, 6) is 0. The minimum Gasteiger partial charge on any atom is -0.395 e. The third-order valence-electron chi connectivity index (χ3n) is 3.62. The van der Waals surface area contributed by atoms with Crippen molar-refractivity contribution < 1.29 is 10.2 Å². The lowest BCUT2D eigenvalue weighted by Gasteiger charge is -2.32. The van der Waals surface area contributed by atoms with Crippen molar-refractivity contribution in [2.24, 2.45) is 0 Å². The smallest absolute Gasteiger partial charge is 0.0994 e. The first-order valence-electron chi connectivity index (χ1n) is 6.26. The zero-order valence-electron chi connectivity index (χ0n) is 10.3. The summed E-state index contributed by atoms with van der Waals surface area (Å²) in [4.78, 5) is 2.19. The Balaban J connectivity index is 2.07. The lowest BCUT2D eigenvalue weighted by atomic mass is 9.95. The minimum atomic E-state index is -0.848. The van der Waals surface area contributed by atoms with Gasteiger partial charge in [0.2, 0.25) is 0 Å². The highest BCUT2D eigenvalue weighted by molar-refractivity contribution is 5.22. The fraction of sp³-hybridized carbons (Fsp3) is 0.571. The van der Waals surface area contributed by atoms with Crippen molar-refractivity contribution in [1.29, 1.82) is 0 Å². The maximum absolute atomic E-state index is 10.5. The van der Waals surface area contributed by atoms with Gasteiger partial charge in [0.1, 0.15) is 0 Å². The lowest BCUT2D eigenvalue weighted by Crippen LogP contribution is -2.42. The van der Waals surface area contributed by atoms with Crippen molar-refractivity contribution in [3.63, 3.8) is 0 Å². The average Bonchev–Trinajstić information content (AvgIpc) is 2.77. The van der Waals surface area contributed by atoms with E-state index in [1.807, 2.05) is 37.3 Å². The van der Waals surface area contributed by atoms with Crippen LogP contribution in [0.4, 0.5) is 0 Å². The number of hydrogen-bond acceptors (Lipinski definition) is 3. The van der Waals surface area contributed by atoms with Gasteiger partial charge in [-0.1, -0.05) is 30.3 Å². The Morgan fingerprint density at radius 3 is 2.71 bits per heavy atom. The number of rotatable bonds is 4. The van der Waals surface area contributed by atoms with Crippen molar-refractivity contribution in [3.8, 4) is 0 Å². The number of β-amino-alcohol motifs (C(OH)–C–C–N with tert-alkyl or cyclic N) is 1. The Labute approximate surface area is 103 Å². The molecule has 2 atom stereocenters. The Bertz CT molecular complexity index is 350. The van der Waals surface area contributed by atoms with Crippen LogP contribution in [0, 0.1) is 0 Å². The number of benzene rings is 1. The van der Waals surface area contributed by atoms with Crippen molar-refractivity contribution in [2.75, 3.05) is 19.7 Å². The molecule has 2 rings (SSSR count). The second-order valence-electron chi connectivity index (χ2n) is 5.09. The molecule has 3 nitrogen and oxygen atoms in total. The molecule has 3 heteroatoms. The lowest BCUT2D eigenvalue weighted by molar-refractivity contribution is 0.00497. The molecule has 1 fully saturated rings. The van der Waals surface area contributed by atoms with Crippen LogP contribution >= 0.6 is 0 Å². The molecule has 94 valence electrons. The summed E-state index contributed by atoms with van der Waals surface area (Å²) in [5.41, 5.74) is 0.0857. The summed E-state index contributed by atoms with van der Waals surface area (Å²) in [6.07, 6.45) is 2.14. The highest BCUT2D eigenvalue weighted by Crippen LogP contribution is 2.26. The van der Waals surface area contributed by atoms with E-state index in [-0.39, 0.29) is 12.6 Å². The van der Waals surface area contributed by atoms with Gasteiger partial charge in [-0.05, 0) is 31.9 Å². The van der Waals surface area contributed by atoms with Crippen LogP contribution in [-0.2, 0) is 5.60 Å². The molecule has 0 aliphatic carbocycles. The SMILES string of the molecule is CC(O)(CN1CCC[C@@H]1CO)c1ccccc1. The van der Waals surface area contributed by atoms with E-state index in [0.717, 1.165) is 24.9 Å². The third-order valence-corrected chi connectivity index (χ3v) is 3.62. The van der Waals surface area contributed by atoms with Gasteiger partial charge in [0.05, 0.1) is 12.2 Å². The average molecular weight is 235 g/mol. The van der Waals surface area contributed by atoms with Gasteiger partial charge in [-0.25, -0.2) is 0 Å². The van der Waals surface area contributed by atoms with Crippen LogP contribution < -0.4 is 0 Å². The molecule has 0 saturated carbocycles. The first kappa shape index (κ1) is 12.6. The Kier molecular flexibility index (Phi) is 3.82. The molecule has 2 N–H and O–H groups in total. The molecule has 0 aromatic heterocycles. The Hall–Kier alpha value is -0.900. The number of likely N-dealkylation sites (tertiary alicyclic amines) is 1. The maximum atomic E-state index is 10.5. The maximum Gasteiger partial charge on any atom is 0.0994 e. The molecule has 0 spiro atoms. The summed E-state index contributed by atoms with van der Waals surface area (Å²) in [6.45, 7) is 3.58. The predicted octanol–water partition coefficient (Wildman–Crippen LogP) is 1.35. The number of hydrogen-bond donors (Lipinski definition) is 2. The van der Waals surface area contributed by atoms with Gasteiger partial charge in [0, 0.05) is 12.6 Å². The molecule has 17 heavy (non-hydrogen) atoms. The van der Waals surface area contributed by atoms with E-state index < -0.39 is 5.60 Å². The molecule has 1 unspecified atom stereocenters.